The molecule has 1 saturated heterocycles. The fraction of sp³-hybridized carbons (Fsp3) is 0.528. The van der Waals surface area contributed by atoms with Crippen molar-refractivity contribution in [2.75, 3.05) is 38.8 Å². The van der Waals surface area contributed by atoms with E-state index in [9.17, 15) is 9.59 Å². The van der Waals surface area contributed by atoms with Crippen molar-refractivity contribution >= 4 is 40.1 Å². The first kappa shape index (κ1) is 35.8. The normalized spacial score (nSPS) is 18.3. The Bertz CT molecular complexity index is 1610. The van der Waals surface area contributed by atoms with E-state index in [1.54, 1.807) is 25.2 Å². The van der Waals surface area contributed by atoms with Gasteiger partial charge in [0.05, 0.1) is 36.4 Å². The van der Waals surface area contributed by atoms with Crippen molar-refractivity contribution in [1.29, 1.82) is 0 Å². The highest BCUT2D eigenvalue weighted by Crippen LogP contribution is 2.40. The Hall–Kier alpha value is -3.54. The molecule has 260 valence electrons. The van der Waals surface area contributed by atoms with Crippen molar-refractivity contribution in [1.82, 2.24) is 9.88 Å². The van der Waals surface area contributed by atoms with Gasteiger partial charge in [0.1, 0.15) is 29.3 Å². The first-order valence-electron chi connectivity index (χ1n) is 16.2. The standard InChI is InChI=1S/C36H46ClN3O7S/c1-35(2,3)46-32(41)25-13-15-39(19-30(25)44-8)33-38-28(21-48-33)24-10-9-11-27(37)31(24)45-20-22-16-23-12-14-40(34(42)47-36(4,5)6)18-26(23)29(17-22)43-7/h9-11,16-17,21,25,30H,12-15,18-20H2,1-8H3/t25-,30+/m1/s1. The van der Waals surface area contributed by atoms with Crippen LogP contribution in [0.5, 0.6) is 11.5 Å². The van der Waals surface area contributed by atoms with Crippen LogP contribution in [0.15, 0.2) is 35.7 Å². The molecule has 2 aliphatic rings. The summed E-state index contributed by atoms with van der Waals surface area (Å²) in [6, 6.07) is 9.69. The van der Waals surface area contributed by atoms with E-state index in [2.05, 4.69) is 11.0 Å². The van der Waals surface area contributed by atoms with Crippen LogP contribution in [-0.2, 0) is 38.6 Å². The molecule has 2 aromatic carbocycles. The van der Waals surface area contributed by atoms with Crippen LogP contribution >= 0.6 is 22.9 Å². The first-order valence-corrected chi connectivity index (χ1v) is 17.5. The number of methoxy groups -OCH3 is 2. The zero-order valence-electron chi connectivity index (χ0n) is 29.1. The number of rotatable bonds is 8. The third kappa shape index (κ3) is 8.54. The number of amides is 1. The highest BCUT2D eigenvalue weighted by Gasteiger charge is 2.38. The second kappa shape index (κ2) is 14.5. The molecule has 10 nitrogen and oxygen atoms in total. The van der Waals surface area contributed by atoms with E-state index in [4.69, 9.17) is 40.3 Å². The number of benzene rings is 2. The van der Waals surface area contributed by atoms with E-state index in [-0.39, 0.29) is 30.7 Å². The van der Waals surface area contributed by atoms with Gasteiger partial charge in [-0.3, -0.25) is 4.79 Å². The molecule has 0 bridgehead atoms. The number of hydrogen-bond acceptors (Lipinski definition) is 10. The van der Waals surface area contributed by atoms with Crippen LogP contribution in [0.4, 0.5) is 9.93 Å². The summed E-state index contributed by atoms with van der Waals surface area (Å²) in [5, 5.41) is 3.31. The van der Waals surface area contributed by atoms with Crippen molar-refractivity contribution in [2.24, 2.45) is 5.92 Å². The van der Waals surface area contributed by atoms with Gasteiger partial charge in [0.2, 0.25) is 0 Å². The molecule has 0 spiro atoms. The quantitative estimate of drug-likeness (QED) is 0.221. The van der Waals surface area contributed by atoms with Crippen LogP contribution in [0, 0.1) is 5.92 Å². The molecule has 1 fully saturated rings. The molecule has 1 aromatic heterocycles. The lowest BCUT2D eigenvalue weighted by Crippen LogP contribution is -2.49. The van der Waals surface area contributed by atoms with Gasteiger partial charge in [-0.25, -0.2) is 9.78 Å². The summed E-state index contributed by atoms with van der Waals surface area (Å²) in [6.07, 6.45) is 0.649. The van der Waals surface area contributed by atoms with Gasteiger partial charge in [0.25, 0.3) is 0 Å². The predicted octanol–water partition coefficient (Wildman–Crippen LogP) is 7.53. The molecular formula is C36H46ClN3O7S. The third-order valence-electron chi connectivity index (χ3n) is 8.19. The van der Waals surface area contributed by atoms with Crippen molar-refractivity contribution in [3.05, 3.63) is 57.4 Å². The molecule has 0 radical (unpaired) electrons. The average molecular weight is 700 g/mol. The lowest BCUT2D eigenvalue weighted by molar-refractivity contribution is -0.165. The van der Waals surface area contributed by atoms with Gasteiger partial charge in [0, 0.05) is 43.3 Å². The fourth-order valence-corrected chi connectivity index (χ4v) is 7.06. The molecule has 2 aliphatic heterocycles. The summed E-state index contributed by atoms with van der Waals surface area (Å²) in [5.74, 6) is 0.688. The maximum absolute atomic E-state index is 12.8. The van der Waals surface area contributed by atoms with Crippen LogP contribution in [-0.4, -0.2) is 73.1 Å². The molecule has 48 heavy (non-hydrogen) atoms. The second-order valence-electron chi connectivity index (χ2n) is 14.2. The second-order valence-corrected chi connectivity index (χ2v) is 15.4. The number of fused-ring (bicyclic) bond motifs is 1. The number of anilines is 1. The van der Waals surface area contributed by atoms with Crippen LogP contribution in [0.25, 0.3) is 11.3 Å². The highest BCUT2D eigenvalue weighted by atomic mass is 35.5. The number of halogens is 1. The van der Waals surface area contributed by atoms with Crippen LogP contribution in [0.2, 0.25) is 5.02 Å². The summed E-state index contributed by atoms with van der Waals surface area (Å²) >= 11 is 8.23. The van der Waals surface area contributed by atoms with Crippen molar-refractivity contribution in [2.45, 2.75) is 84.8 Å². The van der Waals surface area contributed by atoms with Gasteiger partial charge >= 0.3 is 12.1 Å². The Morgan fingerprint density at radius 2 is 1.79 bits per heavy atom. The Labute approximate surface area is 292 Å². The fourth-order valence-electron chi connectivity index (χ4n) is 5.96. The Morgan fingerprint density at radius 3 is 2.48 bits per heavy atom. The topological polar surface area (TPSA) is 99.7 Å². The summed E-state index contributed by atoms with van der Waals surface area (Å²) in [6.45, 7) is 13.6. The summed E-state index contributed by atoms with van der Waals surface area (Å²) in [4.78, 5) is 34.4. The van der Waals surface area contributed by atoms with E-state index in [1.165, 1.54) is 11.3 Å². The van der Waals surface area contributed by atoms with E-state index in [0.29, 0.717) is 55.5 Å². The van der Waals surface area contributed by atoms with E-state index in [0.717, 1.165) is 33.1 Å². The summed E-state index contributed by atoms with van der Waals surface area (Å²) in [5.41, 5.74) is 3.44. The number of piperidine rings is 1. The molecule has 0 saturated carbocycles. The largest absolute Gasteiger partial charge is 0.496 e. The third-order valence-corrected chi connectivity index (χ3v) is 9.39. The molecule has 0 unspecified atom stereocenters. The Balaban J connectivity index is 1.29. The van der Waals surface area contributed by atoms with Gasteiger partial charge < -0.3 is 33.5 Å². The van der Waals surface area contributed by atoms with Crippen LogP contribution < -0.4 is 14.4 Å². The van der Waals surface area contributed by atoms with Crippen LogP contribution in [0.1, 0.15) is 64.7 Å². The molecular weight excluding hydrogens is 654 g/mol. The number of ether oxygens (including phenoxy) is 5. The minimum Gasteiger partial charge on any atom is -0.496 e. The number of aromatic nitrogens is 1. The van der Waals surface area contributed by atoms with Gasteiger partial charge in [-0.2, -0.15) is 0 Å². The van der Waals surface area contributed by atoms with Gasteiger partial charge in [-0.05, 0) is 83.7 Å². The van der Waals surface area contributed by atoms with Gasteiger partial charge in [-0.15, -0.1) is 11.3 Å². The van der Waals surface area contributed by atoms with Crippen molar-refractivity contribution < 1.29 is 33.3 Å². The van der Waals surface area contributed by atoms with Crippen molar-refractivity contribution in [3.63, 3.8) is 0 Å². The maximum atomic E-state index is 12.8. The Morgan fingerprint density at radius 1 is 1.04 bits per heavy atom. The molecule has 0 N–H and O–H groups in total. The average Bonchev–Trinajstić information content (AvgIpc) is 3.51. The summed E-state index contributed by atoms with van der Waals surface area (Å²) < 4.78 is 29.1. The highest BCUT2D eigenvalue weighted by molar-refractivity contribution is 7.14. The molecule has 1 amide bonds. The van der Waals surface area contributed by atoms with Gasteiger partial charge in [0.15, 0.2) is 5.13 Å². The summed E-state index contributed by atoms with van der Waals surface area (Å²) in [7, 11) is 3.26. The number of hydrogen-bond donors (Lipinski definition) is 0. The number of para-hydroxylation sites is 1. The predicted molar refractivity (Wildman–Crippen MR) is 187 cm³/mol. The lowest BCUT2D eigenvalue weighted by atomic mass is 9.93. The number of nitrogens with zero attached hydrogens (tertiary/aromatic N) is 3. The number of thiazole rings is 1. The zero-order valence-corrected chi connectivity index (χ0v) is 30.6. The molecule has 0 aliphatic carbocycles. The van der Waals surface area contributed by atoms with E-state index < -0.39 is 11.2 Å². The Kier molecular flexibility index (Phi) is 10.8. The number of carbonyl (C=O) groups is 2. The molecule has 2 atom stereocenters. The number of carbonyl (C=O) groups excluding carboxylic acids is 2. The molecule has 12 heteroatoms. The number of esters is 1. The minimum absolute atomic E-state index is 0.228. The van der Waals surface area contributed by atoms with Crippen LogP contribution in [0.3, 0.4) is 0 Å². The molecule has 3 heterocycles. The molecule has 3 aromatic rings. The van der Waals surface area contributed by atoms with Crippen molar-refractivity contribution in [3.8, 4) is 22.8 Å². The zero-order chi connectivity index (χ0) is 34.8. The van der Waals surface area contributed by atoms with Gasteiger partial charge in [-0.1, -0.05) is 23.7 Å². The van der Waals surface area contributed by atoms with E-state index in [1.807, 2.05) is 65.1 Å². The molecule has 5 rings (SSSR count). The van der Waals surface area contributed by atoms with E-state index >= 15 is 0 Å². The minimum atomic E-state index is -0.562. The SMILES string of the molecule is COc1cc(COc2c(Cl)cccc2-c2csc(N3CC[C@@H](C(=O)OC(C)(C)C)[C@@H](OC)C3)n2)cc2c1CN(C(=O)OC(C)(C)C)CC2. The first-order chi connectivity index (χ1) is 22.7. The lowest BCUT2D eigenvalue weighted by Gasteiger charge is -2.37. The smallest absolute Gasteiger partial charge is 0.410 e. The monoisotopic (exact) mass is 699 g/mol. The maximum Gasteiger partial charge on any atom is 0.410 e.